The van der Waals surface area contributed by atoms with E-state index in [-0.39, 0.29) is 5.91 Å². The van der Waals surface area contributed by atoms with Crippen molar-refractivity contribution in [2.75, 3.05) is 11.2 Å². The molecule has 0 unspecified atom stereocenters. The van der Waals surface area contributed by atoms with Crippen LogP contribution in [0.1, 0.15) is 12.8 Å². The zero-order valence-corrected chi connectivity index (χ0v) is 10.1. The summed E-state index contributed by atoms with van der Waals surface area (Å²) in [6.07, 6.45) is 2.80. The number of alkyl halides is 1. The third-order valence-corrected chi connectivity index (χ3v) is 2.68. The first-order valence-corrected chi connectivity index (χ1v) is 6.03. The van der Waals surface area contributed by atoms with Gasteiger partial charge in [0.05, 0.1) is 17.4 Å². The summed E-state index contributed by atoms with van der Waals surface area (Å²) >= 11 is 5.53. The summed E-state index contributed by atoms with van der Waals surface area (Å²) < 4.78 is 0. The molecule has 1 aromatic heterocycles. The number of carbonyl (C=O) groups is 1. The Morgan fingerprint density at radius 2 is 2.18 bits per heavy atom. The van der Waals surface area contributed by atoms with E-state index in [4.69, 9.17) is 11.6 Å². The lowest BCUT2D eigenvalue weighted by Gasteiger charge is -2.05. The molecule has 0 saturated carbocycles. The number of fused-ring (bicyclic) bond motifs is 1. The predicted octanol–water partition coefficient (Wildman–Crippen LogP) is 3.19. The number of anilines is 1. The maximum atomic E-state index is 11.5. The summed E-state index contributed by atoms with van der Waals surface area (Å²) in [4.78, 5) is 15.8. The van der Waals surface area contributed by atoms with Crippen molar-refractivity contribution in [3.05, 3.63) is 36.5 Å². The Kier molecular flexibility index (Phi) is 3.94. The highest BCUT2D eigenvalue weighted by atomic mass is 35.5. The zero-order valence-electron chi connectivity index (χ0n) is 9.32. The van der Waals surface area contributed by atoms with E-state index in [1.165, 1.54) is 0 Å². The lowest BCUT2D eigenvalue weighted by atomic mass is 10.2. The number of hydrogen-bond acceptors (Lipinski definition) is 2. The van der Waals surface area contributed by atoms with Crippen molar-refractivity contribution in [2.24, 2.45) is 0 Å². The highest BCUT2D eigenvalue weighted by molar-refractivity contribution is 6.18. The van der Waals surface area contributed by atoms with E-state index in [0.717, 1.165) is 16.6 Å². The van der Waals surface area contributed by atoms with E-state index in [1.54, 1.807) is 6.20 Å². The minimum atomic E-state index is -0.0252. The minimum Gasteiger partial charge on any atom is -0.325 e. The topological polar surface area (TPSA) is 42.0 Å². The molecular formula is C13H13ClN2O. The summed E-state index contributed by atoms with van der Waals surface area (Å²) in [5, 5.41) is 3.83. The average molecular weight is 249 g/mol. The first-order chi connectivity index (χ1) is 8.29. The number of carbonyl (C=O) groups excluding carboxylic acids is 1. The fraction of sp³-hybridized carbons (Fsp3) is 0.231. The largest absolute Gasteiger partial charge is 0.325 e. The Labute approximate surface area is 105 Å². The Morgan fingerprint density at radius 3 is 3.00 bits per heavy atom. The van der Waals surface area contributed by atoms with E-state index in [9.17, 15) is 4.79 Å². The predicted molar refractivity (Wildman–Crippen MR) is 70.3 cm³/mol. The second-order valence-electron chi connectivity index (χ2n) is 3.76. The molecule has 1 aromatic carbocycles. The van der Waals surface area contributed by atoms with Gasteiger partial charge in [-0.25, -0.2) is 0 Å². The summed E-state index contributed by atoms with van der Waals surface area (Å²) in [6, 6.07) is 9.71. The average Bonchev–Trinajstić information content (AvgIpc) is 2.36. The van der Waals surface area contributed by atoms with Crippen LogP contribution in [0.4, 0.5) is 5.69 Å². The molecule has 0 saturated heterocycles. The number of benzene rings is 1. The molecule has 0 radical (unpaired) electrons. The van der Waals surface area contributed by atoms with Crippen molar-refractivity contribution in [1.29, 1.82) is 0 Å². The fourth-order valence-electron chi connectivity index (χ4n) is 1.59. The van der Waals surface area contributed by atoms with Crippen LogP contribution in [0.15, 0.2) is 36.5 Å². The highest BCUT2D eigenvalue weighted by Crippen LogP contribution is 2.16. The molecule has 1 amide bonds. The number of nitrogens with zero attached hydrogens (tertiary/aromatic N) is 1. The number of amides is 1. The fourth-order valence-corrected chi connectivity index (χ4v) is 1.72. The SMILES string of the molecule is O=C(CCCCl)Nc1cnc2ccccc2c1. The molecule has 1 N–H and O–H groups in total. The van der Waals surface area contributed by atoms with E-state index in [0.29, 0.717) is 18.7 Å². The molecule has 2 rings (SSSR count). The van der Waals surface area contributed by atoms with Crippen LogP contribution in [0.3, 0.4) is 0 Å². The smallest absolute Gasteiger partial charge is 0.224 e. The van der Waals surface area contributed by atoms with Gasteiger partial charge in [-0.05, 0) is 18.6 Å². The van der Waals surface area contributed by atoms with Crippen LogP contribution in [0.25, 0.3) is 10.9 Å². The van der Waals surface area contributed by atoms with E-state index in [2.05, 4.69) is 10.3 Å². The van der Waals surface area contributed by atoms with Crippen LogP contribution in [0.5, 0.6) is 0 Å². The molecule has 17 heavy (non-hydrogen) atoms. The third-order valence-electron chi connectivity index (χ3n) is 2.41. The standard InChI is InChI=1S/C13H13ClN2O/c14-7-3-6-13(17)16-11-8-10-4-1-2-5-12(10)15-9-11/h1-2,4-5,8-9H,3,6-7H2,(H,16,17). The molecule has 3 nitrogen and oxygen atoms in total. The van der Waals surface area contributed by atoms with Crippen LogP contribution in [-0.4, -0.2) is 16.8 Å². The Morgan fingerprint density at radius 1 is 1.35 bits per heavy atom. The van der Waals surface area contributed by atoms with Crippen molar-refractivity contribution in [3.8, 4) is 0 Å². The highest BCUT2D eigenvalue weighted by Gasteiger charge is 2.02. The number of halogens is 1. The van der Waals surface area contributed by atoms with Crippen LogP contribution < -0.4 is 5.32 Å². The summed E-state index contributed by atoms with van der Waals surface area (Å²) in [5.41, 5.74) is 1.65. The molecule has 0 spiro atoms. The number of pyridine rings is 1. The molecule has 88 valence electrons. The van der Waals surface area contributed by atoms with Gasteiger partial charge in [0.2, 0.25) is 5.91 Å². The van der Waals surface area contributed by atoms with Gasteiger partial charge in [0.25, 0.3) is 0 Å². The van der Waals surface area contributed by atoms with Gasteiger partial charge in [-0.15, -0.1) is 11.6 Å². The van der Waals surface area contributed by atoms with E-state index >= 15 is 0 Å². The molecular weight excluding hydrogens is 236 g/mol. The second kappa shape index (κ2) is 5.64. The van der Waals surface area contributed by atoms with Crippen LogP contribution in [0.2, 0.25) is 0 Å². The molecule has 0 fully saturated rings. The molecule has 0 aliphatic heterocycles. The van der Waals surface area contributed by atoms with Crippen LogP contribution in [0, 0.1) is 0 Å². The summed E-state index contributed by atoms with van der Waals surface area (Å²) in [5.74, 6) is 0.478. The van der Waals surface area contributed by atoms with Gasteiger partial charge in [0, 0.05) is 17.7 Å². The van der Waals surface area contributed by atoms with Gasteiger partial charge < -0.3 is 5.32 Å². The molecule has 2 aromatic rings. The van der Waals surface area contributed by atoms with E-state index < -0.39 is 0 Å². The van der Waals surface area contributed by atoms with Crippen molar-refractivity contribution < 1.29 is 4.79 Å². The lowest BCUT2D eigenvalue weighted by molar-refractivity contribution is -0.116. The molecule has 4 heteroatoms. The van der Waals surface area contributed by atoms with Crippen molar-refractivity contribution in [1.82, 2.24) is 4.98 Å². The Bertz CT molecular complexity index is 528. The molecule has 0 aliphatic rings. The van der Waals surface area contributed by atoms with Crippen molar-refractivity contribution >= 4 is 34.1 Å². The van der Waals surface area contributed by atoms with Crippen molar-refractivity contribution in [3.63, 3.8) is 0 Å². The van der Waals surface area contributed by atoms with Gasteiger partial charge in [-0.2, -0.15) is 0 Å². The molecule has 0 bridgehead atoms. The number of para-hydroxylation sites is 1. The number of nitrogens with one attached hydrogen (secondary N) is 1. The van der Waals surface area contributed by atoms with Crippen LogP contribution in [-0.2, 0) is 4.79 Å². The minimum absolute atomic E-state index is 0.0252. The monoisotopic (exact) mass is 248 g/mol. The number of aromatic nitrogens is 1. The summed E-state index contributed by atoms with van der Waals surface area (Å²) in [7, 11) is 0. The molecule has 0 atom stereocenters. The van der Waals surface area contributed by atoms with Gasteiger partial charge in [-0.3, -0.25) is 9.78 Å². The van der Waals surface area contributed by atoms with E-state index in [1.807, 2.05) is 30.3 Å². The molecule has 0 aliphatic carbocycles. The Balaban J connectivity index is 2.11. The first-order valence-electron chi connectivity index (χ1n) is 5.50. The first kappa shape index (κ1) is 11.9. The van der Waals surface area contributed by atoms with Crippen LogP contribution >= 0.6 is 11.6 Å². The van der Waals surface area contributed by atoms with Gasteiger partial charge >= 0.3 is 0 Å². The normalized spacial score (nSPS) is 10.4. The quantitative estimate of drug-likeness (QED) is 0.845. The molecule has 1 heterocycles. The Hall–Kier alpha value is -1.61. The number of hydrogen-bond donors (Lipinski definition) is 1. The maximum Gasteiger partial charge on any atom is 0.224 e. The van der Waals surface area contributed by atoms with Crippen molar-refractivity contribution in [2.45, 2.75) is 12.8 Å². The summed E-state index contributed by atoms with van der Waals surface area (Å²) in [6.45, 7) is 0. The van der Waals surface area contributed by atoms with Gasteiger partial charge in [0.15, 0.2) is 0 Å². The maximum absolute atomic E-state index is 11.5. The second-order valence-corrected chi connectivity index (χ2v) is 4.14. The van der Waals surface area contributed by atoms with Gasteiger partial charge in [0.1, 0.15) is 0 Å². The van der Waals surface area contributed by atoms with Gasteiger partial charge in [-0.1, -0.05) is 18.2 Å². The third kappa shape index (κ3) is 3.17. The zero-order chi connectivity index (χ0) is 12.1. The number of rotatable bonds is 4. The lowest BCUT2D eigenvalue weighted by Crippen LogP contribution is -2.11.